The summed E-state index contributed by atoms with van der Waals surface area (Å²) >= 11 is 0. The average molecular weight is 391 g/mol. The van der Waals surface area contributed by atoms with Crippen molar-refractivity contribution in [3.05, 3.63) is 17.7 Å². The predicted molar refractivity (Wildman–Crippen MR) is 104 cm³/mol. The van der Waals surface area contributed by atoms with Gasteiger partial charge in [0.1, 0.15) is 0 Å². The number of ether oxygens (including phenoxy) is 3. The highest BCUT2D eigenvalue weighted by molar-refractivity contribution is 5.96. The second-order valence-electron chi connectivity index (χ2n) is 7.02. The Hall–Kier alpha value is -2.48. The van der Waals surface area contributed by atoms with Crippen molar-refractivity contribution in [3.63, 3.8) is 0 Å². The highest BCUT2D eigenvalue weighted by Crippen LogP contribution is 2.39. The van der Waals surface area contributed by atoms with Crippen LogP contribution in [0.4, 0.5) is 0 Å². The minimum Gasteiger partial charge on any atom is -0.493 e. The third kappa shape index (κ3) is 4.49. The topological polar surface area (TPSA) is 80.3 Å². The van der Waals surface area contributed by atoms with Crippen LogP contribution < -0.4 is 19.5 Å². The minimum absolute atomic E-state index is 0.102. The number of hydrogen-bond acceptors (Lipinski definition) is 6. The molecule has 2 amide bonds. The van der Waals surface area contributed by atoms with E-state index >= 15 is 0 Å². The first-order chi connectivity index (χ1) is 13.6. The number of amides is 2. The van der Waals surface area contributed by atoms with E-state index in [0.29, 0.717) is 35.8 Å². The first kappa shape index (κ1) is 20.3. The van der Waals surface area contributed by atoms with Crippen LogP contribution >= 0.6 is 0 Å². The Balaban J connectivity index is 1.73. The quantitative estimate of drug-likeness (QED) is 0.716. The molecule has 0 atom stereocenters. The van der Waals surface area contributed by atoms with Gasteiger partial charge in [0.15, 0.2) is 11.5 Å². The van der Waals surface area contributed by atoms with Crippen LogP contribution in [0.5, 0.6) is 17.2 Å². The summed E-state index contributed by atoms with van der Waals surface area (Å²) in [6.07, 6.45) is 2.28. The molecule has 0 bridgehead atoms. The number of piperazine rings is 1. The highest BCUT2D eigenvalue weighted by atomic mass is 16.5. The van der Waals surface area contributed by atoms with Crippen molar-refractivity contribution in [1.29, 1.82) is 0 Å². The van der Waals surface area contributed by atoms with E-state index in [-0.39, 0.29) is 17.9 Å². The van der Waals surface area contributed by atoms with Gasteiger partial charge in [0.25, 0.3) is 5.91 Å². The van der Waals surface area contributed by atoms with Crippen molar-refractivity contribution in [2.45, 2.75) is 25.3 Å². The van der Waals surface area contributed by atoms with Gasteiger partial charge in [0.2, 0.25) is 11.7 Å². The van der Waals surface area contributed by atoms with E-state index in [4.69, 9.17) is 14.2 Å². The fourth-order valence-corrected chi connectivity index (χ4v) is 3.49. The molecule has 0 aromatic heterocycles. The average Bonchev–Trinajstić information content (AvgIpc) is 3.58. The first-order valence-electron chi connectivity index (χ1n) is 9.68. The van der Waals surface area contributed by atoms with Crippen LogP contribution in [0.25, 0.3) is 0 Å². The van der Waals surface area contributed by atoms with E-state index in [1.807, 2.05) is 4.90 Å². The van der Waals surface area contributed by atoms with Gasteiger partial charge in [-0.2, -0.15) is 0 Å². The predicted octanol–water partition coefficient (Wildman–Crippen LogP) is 1.14. The van der Waals surface area contributed by atoms with Gasteiger partial charge in [-0.1, -0.05) is 0 Å². The molecule has 1 aromatic rings. The van der Waals surface area contributed by atoms with Crippen LogP contribution in [0.15, 0.2) is 12.1 Å². The van der Waals surface area contributed by atoms with Crippen molar-refractivity contribution in [1.82, 2.24) is 15.1 Å². The molecule has 1 saturated heterocycles. The van der Waals surface area contributed by atoms with Crippen molar-refractivity contribution < 1.29 is 23.8 Å². The van der Waals surface area contributed by atoms with Gasteiger partial charge in [-0.15, -0.1) is 0 Å². The van der Waals surface area contributed by atoms with Crippen molar-refractivity contribution in [3.8, 4) is 17.2 Å². The second-order valence-corrected chi connectivity index (χ2v) is 7.02. The SMILES string of the molecule is COc1cc(C(=O)N(CCC(=O)N2CCNCC2)C2CC2)cc(OC)c1OC. The Labute approximate surface area is 165 Å². The summed E-state index contributed by atoms with van der Waals surface area (Å²) in [5.74, 6) is 1.32. The Bertz CT molecular complexity index is 689. The summed E-state index contributed by atoms with van der Waals surface area (Å²) in [6.45, 7) is 3.51. The summed E-state index contributed by atoms with van der Waals surface area (Å²) in [7, 11) is 4.58. The minimum atomic E-state index is -0.116. The number of hydrogen-bond donors (Lipinski definition) is 1. The van der Waals surface area contributed by atoms with Crippen LogP contribution in [0, 0.1) is 0 Å². The second kappa shape index (κ2) is 9.14. The Morgan fingerprint density at radius 2 is 1.68 bits per heavy atom. The molecule has 0 radical (unpaired) electrons. The third-order valence-corrected chi connectivity index (χ3v) is 5.20. The molecule has 1 aliphatic carbocycles. The fourth-order valence-electron chi connectivity index (χ4n) is 3.49. The number of rotatable bonds is 8. The van der Waals surface area contributed by atoms with Crippen LogP contribution in [-0.2, 0) is 4.79 Å². The third-order valence-electron chi connectivity index (χ3n) is 5.20. The zero-order valence-electron chi connectivity index (χ0n) is 16.8. The largest absolute Gasteiger partial charge is 0.493 e. The summed E-state index contributed by atoms with van der Waals surface area (Å²) in [4.78, 5) is 29.4. The van der Waals surface area contributed by atoms with E-state index in [2.05, 4.69) is 5.32 Å². The van der Waals surface area contributed by atoms with E-state index < -0.39 is 0 Å². The van der Waals surface area contributed by atoms with Crippen LogP contribution in [0.2, 0.25) is 0 Å². The molecular weight excluding hydrogens is 362 g/mol. The Morgan fingerprint density at radius 1 is 1.07 bits per heavy atom. The Morgan fingerprint density at radius 3 is 2.18 bits per heavy atom. The normalized spacial score (nSPS) is 16.5. The molecule has 1 saturated carbocycles. The van der Waals surface area contributed by atoms with Crippen LogP contribution in [-0.4, -0.2) is 81.7 Å². The van der Waals surface area contributed by atoms with Crippen LogP contribution in [0.1, 0.15) is 29.6 Å². The van der Waals surface area contributed by atoms with Gasteiger partial charge in [0, 0.05) is 50.7 Å². The number of nitrogens with one attached hydrogen (secondary N) is 1. The van der Waals surface area contributed by atoms with Gasteiger partial charge in [-0.3, -0.25) is 9.59 Å². The van der Waals surface area contributed by atoms with Gasteiger partial charge in [-0.25, -0.2) is 0 Å². The molecule has 1 aliphatic heterocycles. The summed E-state index contributed by atoms with van der Waals surface area (Å²) in [6, 6.07) is 3.52. The Kier molecular flexibility index (Phi) is 6.61. The maximum Gasteiger partial charge on any atom is 0.254 e. The van der Waals surface area contributed by atoms with Crippen molar-refractivity contribution in [2.75, 3.05) is 54.1 Å². The lowest BCUT2D eigenvalue weighted by Crippen LogP contribution is -2.47. The maximum atomic E-state index is 13.2. The first-order valence-corrected chi connectivity index (χ1v) is 9.68. The molecule has 1 heterocycles. The lowest BCUT2D eigenvalue weighted by atomic mass is 10.1. The molecule has 3 rings (SSSR count). The molecule has 8 nitrogen and oxygen atoms in total. The monoisotopic (exact) mass is 391 g/mol. The lowest BCUT2D eigenvalue weighted by molar-refractivity contribution is -0.131. The highest BCUT2D eigenvalue weighted by Gasteiger charge is 2.34. The molecule has 2 aliphatic rings. The van der Waals surface area contributed by atoms with E-state index in [0.717, 1.165) is 39.0 Å². The number of methoxy groups -OCH3 is 3. The number of nitrogens with zero attached hydrogens (tertiary/aromatic N) is 2. The van der Waals surface area contributed by atoms with Gasteiger partial charge in [-0.05, 0) is 25.0 Å². The van der Waals surface area contributed by atoms with Gasteiger partial charge >= 0.3 is 0 Å². The summed E-state index contributed by atoms with van der Waals surface area (Å²) in [5, 5.41) is 3.24. The smallest absolute Gasteiger partial charge is 0.254 e. The summed E-state index contributed by atoms with van der Waals surface area (Å²) in [5.41, 5.74) is 0.469. The van der Waals surface area contributed by atoms with E-state index in [1.165, 1.54) is 21.3 Å². The van der Waals surface area contributed by atoms with Gasteiger partial charge in [0.05, 0.1) is 21.3 Å². The lowest BCUT2D eigenvalue weighted by Gasteiger charge is -2.29. The number of carbonyl (C=O) groups is 2. The molecule has 0 unspecified atom stereocenters. The molecular formula is C20H29N3O5. The zero-order valence-corrected chi connectivity index (χ0v) is 16.8. The van der Waals surface area contributed by atoms with Gasteiger partial charge < -0.3 is 29.3 Å². The zero-order chi connectivity index (χ0) is 20.1. The molecule has 1 N–H and O–H groups in total. The van der Waals surface area contributed by atoms with Crippen molar-refractivity contribution >= 4 is 11.8 Å². The number of benzene rings is 1. The maximum absolute atomic E-state index is 13.2. The standard InChI is InChI=1S/C20H29N3O5/c1-26-16-12-14(13-17(27-2)19(16)28-3)20(25)23(15-4-5-15)9-6-18(24)22-10-7-21-8-11-22/h12-13,15,21H,4-11H2,1-3H3. The molecule has 1 aromatic carbocycles. The summed E-state index contributed by atoms with van der Waals surface area (Å²) < 4.78 is 16.1. The molecule has 28 heavy (non-hydrogen) atoms. The molecule has 2 fully saturated rings. The van der Waals surface area contributed by atoms with Crippen molar-refractivity contribution in [2.24, 2.45) is 0 Å². The number of carbonyl (C=O) groups excluding carboxylic acids is 2. The molecule has 0 spiro atoms. The fraction of sp³-hybridized carbons (Fsp3) is 0.600. The molecule has 8 heteroatoms. The van der Waals surface area contributed by atoms with Crippen LogP contribution in [0.3, 0.4) is 0 Å². The van der Waals surface area contributed by atoms with E-state index in [1.54, 1.807) is 17.0 Å². The van der Waals surface area contributed by atoms with E-state index in [9.17, 15) is 9.59 Å². The molecule has 154 valence electrons.